The standard InChI is InChI=1S/C13H18N2O/c1-9-4-5-13(16)12(6-9)11(3)15-8-10(2)7-14/h4-6,10-11,15-16H,8H2,1-3H3. The van der Waals surface area contributed by atoms with Gasteiger partial charge in [-0.25, -0.2) is 0 Å². The van der Waals surface area contributed by atoms with Crippen molar-refractivity contribution in [2.45, 2.75) is 26.8 Å². The number of hydrogen-bond donors (Lipinski definition) is 2. The zero-order chi connectivity index (χ0) is 12.1. The van der Waals surface area contributed by atoms with E-state index in [1.807, 2.05) is 32.9 Å². The molecule has 1 rings (SSSR count). The van der Waals surface area contributed by atoms with Gasteiger partial charge in [0.25, 0.3) is 0 Å². The van der Waals surface area contributed by atoms with E-state index in [1.165, 1.54) is 0 Å². The molecule has 0 spiro atoms. The molecule has 0 aliphatic carbocycles. The molecule has 0 aliphatic rings. The van der Waals surface area contributed by atoms with Crippen LogP contribution in [0.3, 0.4) is 0 Å². The normalized spacial score (nSPS) is 14.1. The summed E-state index contributed by atoms with van der Waals surface area (Å²) >= 11 is 0. The van der Waals surface area contributed by atoms with Crippen LogP contribution < -0.4 is 5.32 Å². The predicted octanol–water partition coefficient (Wildman–Crippen LogP) is 2.51. The number of aromatic hydroxyl groups is 1. The minimum Gasteiger partial charge on any atom is -0.508 e. The maximum absolute atomic E-state index is 9.72. The highest BCUT2D eigenvalue weighted by Gasteiger charge is 2.11. The molecule has 3 nitrogen and oxygen atoms in total. The first-order valence-electron chi connectivity index (χ1n) is 5.47. The van der Waals surface area contributed by atoms with Crippen molar-refractivity contribution in [2.75, 3.05) is 6.54 Å². The molecule has 1 aromatic rings. The number of nitrogens with zero attached hydrogens (tertiary/aromatic N) is 1. The molecule has 0 fully saturated rings. The molecule has 16 heavy (non-hydrogen) atoms. The summed E-state index contributed by atoms with van der Waals surface area (Å²) < 4.78 is 0. The predicted molar refractivity (Wildman–Crippen MR) is 64.0 cm³/mol. The molecule has 0 bridgehead atoms. The smallest absolute Gasteiger partial charge is 0.120 e. The summed E-state index contributed by atoms with van der Waals surface area (Å²) in [7, 11) is 0. The number of phenolic OH excluding ortho intramolecular Hbond substituents is 1. The quantitative estimate of drug-likeness (QED) is 0.816. The van der Waals surface area contributed by atoms with Crippen molar-refractivity contribution in [3.8, 4) is 11.8 Å². The number of aryl methyl sites for hydroxylation is 1. The highest BCUT2D eigenvalue weighted by atomic mass is 16.3. The van der Waals surface area contributed by atoms with E-state index in [4.69, 9.17) is 5.26 Å². The van der Waals surface area contributed by atoms with Gasteiger partial charge in [0.1, 0.15) is 5.75 Å². The maximum atomic E-state index is 9.72. The molecular formula is C13H18N2O. The van der Waals surface area contributed by atoms with Crippen LogP contribution in [-0.4, -0.2) is 11.7 Å². The summed E-state index contributed by atoms with van der Waals surface area (Å²) in [4.78, 5) is 0. The second-order valence-corrected chi connectivity index (χ2v) is 4.22. The molecule has 0 aliphatic heterocycles. The molecule has 0 saturated heterocycles. The van der Waals surface area contributed by atoms with Crippen molar-refractivity contribution in [3.63, 3.8) is 0 Å². The number of hydrogen-bond acceptors (Lipinski definition) is 3. The van der Waals surface area contributed by atoms with E-state index in [0.29, 0.717) is 12.3 Å². The molecule has 2 unspecified atom stereocenters. The third kappa shape index (κ3) is 3.25. The van der Waals surface area contributed by atoms with Crippen molar-refractivity contribution in [1.29, 1.82) is 5.26 Å². The Balaban J connectivity index is 2.69. The Hall–Kier alpha value is -1.53. The van der Waals surface area contributed by atoms with Crippen LogP contribution in [0.2, 0.25) is 0 Å². The minimum atomic E-state index is -0.0191. The lowest BCUT2D eigenvalue weighted by Gasteiger charge is -2.16. The van der Waals surface area contributed by atoms with Gasteiger partial charge >= 0.3 is 0 Å². The zero-order valence-corrected chi connectivity index (χ0v) is 9.99. The van der Waals surface area contributed by atoms with E-state index in [2.05, 4.69) is 11.4 Å². The third-order valence-electron chi connectivity index (χ3n) is 2.60. The van der Waals surface area contributed by atoms with Crippen molar-refractivity contribution in [3.05, 3.63) is 29.3 Å². The van der Waals surface area contributed by atoms with Gasteiger partial charge in [-0.3, -0.25) is 0 Å². The Morgan fingerprint density at radius 2 is 2.12 bits per heavy atom. The van der Waals surface area contributed by atoms with Gasteiger partial charge in [-0.1, -0.05) is 17.7 Å². The van der Waals surface area contributed by atoms with Crippen molar-refractivity contribution < 1.29 is 5.11 Å². The summed E-state index contributed by atoms with van der Waals surface area (Å²) in [6.07, 6.45) is 0. The topological polar surface area (TPSA) is 56.0 Å². The molecule has 0 radical (unpaired) electrons. The van der Waals surface area contributed by atoms with E-state index in [9.17, 15) is 5.11 Å². The number of nitrogens with one attached hydrogen (secondary N) is 1. The van der Waals surface area contributed by atoms with Gasteiger partial charge in [0.15, 0.2) is 0 Å². The average Bonchev–Trinajstić information content (AvgIpc) is 2.28. The summed E-state index contributed by atoms with van der Waals surface area (Å²) in [5, 5.41) is 21.6. The van der Waals surface area contributed by atoms with E-state index < -0.39 is 0 Å². The molecule has 86 valence electrons. The van der Waals surface area contributed by atoms with Gasteiger partial charge in [0, 0.05) is 18.2 Å². The van der Waals surface area contributed by atoms with E-state index in [0.717, 1.165) is 11.1 Å². The lowest BCUT2D eigenvalue weighted by Crippen LogP contribution is -2.23. The Bertz CT molecular complexity index is 395. The van der Waals surface area contributed by atoms with Crippen LogP contribution >= 0.6 is 0 Å². The first-order valence-corrected chi connectivity index (χ1v) is 5.47. The SMILES string of the molecule is Cc1ccc(O)c(C(C)NCC(C)C#N)c1. The highest BCUT2D eigenvalue weighted by Crippen LogP contribution is 2.24. The summed E-state index contributed by atoms with van der Waals surface area (Å²) in [6.45, 7) is 6.48. The molecule has 0 saturated carbocycles. The van der Waals surface area contributed by atoms with Gasteiger partial charge in [-0.15, -0.1) is 0 Å². The van der Waals surface area contributed by atoms with Crippen LogP contribution in [-0.2, 0) is 0 Å². The van der Waals surface area contributed by atoms with Crippen LogP contribution in [0.1, 0.15) is 31.0 Å². The number of nitriles is 1. The second-order valence-electron chi connectivity index (χ2n) is 4.22. The molecule has 0 amide bonds. The first kappa shape index (κ1) is 12.5. The molecular weight excluding hydrogens is 200 g/mol. The monoisotopic (exact) mass is 218 g/mol. The first-order chi connectivity index (χ1) is 7.54. The largest absolute Gasteiger partial charge is 0.508 e. The summed E-state index contributed by atoms with van der Waals surface area (Å²) in [6, 6.07) is 7.77. The molecule has 0 heterocycles. The van der Waals surface area contributed by atoms with Gasteiger partial charge in [0.05, 0.1) is 12.0 Å². The minimum absolute atomic E-state index is 0.0191. The van der Waals surface area contributed by atoms with Crippen molar-refractivity contribution in [2.24, 2.45) is 5.92 Å². The molecule has 0 aromatic heterocycles. The Morgan fingerprint density at radius 1 is 1.44 bits per heavy atom. The second kappa shape index (κ2) is 5.53. The van der Waals surface area contributed by atoms with E-state index in [1.54, 1.807) is 6.07 Å². The Morgan fingerprint density at radius 3 is 2.75 bits per heavy atom. The maximum Gasteiger partial charge on any atom is 0.120 e. The van der Waals surface area contributed by atoms with Gasteiger partial charge < -0.3 is 10.4 Å². The third-order valence-corrected chi connectivity index (χ3v) is 2.60. The van der Waals surface area contributed by atoms with Crippen LogP contribution in [0.25, 0.3) is 0 Å². The molecule has 2 atom stereocenters. The lowest BCUT2D eigenvalue weighted by atomic mass is 10.0. The summed E-state index contributed by atoms with van der Waals surface area (Å²) in [5.74, 6) is 0.282. The van der Waals surface area contributed by atoms with Crippen molar-refractivity contribution in [1.82, 2.24) is 5.32 Å². The number of benzene rings is 1. The highest BCUT2D eigenvalue weighted by molar-refractivity contribution is 5.37. The fraction of sp³-hybridized carbons (Fsp3) is 0.462. The van der Waals surface area contributed by atoms with Crippen LogP contribution in [0.5, 0.6) is 5.75 Å². The van der Waals surface area contributed by atoms with E-state index in [-0.39, 0.29) is 12.0 Å². The fourth-order valence-corrected chi connectivity index (χ4v) is 1.53. The lowest BCUT2D eigenvalue weighted by molar-refractivity contribution is 0.448. The Labute approximate surface area is 96.7 Å². The van der Waals surface area contributed by atoms with Crippen molar-refractivity contribution >= 4 is 0 Å². The zero-order valence-electron chi connectivity index (χ0n) is 9.99. The number of phenols is 1. The van der Waals surface area contributed by atoms with E-state index >= 15 is 0 Å². The molecule has 1 aromatic carbocycles. The average molecular weight is 218 g/mol. The van der Waals surface area contributed by atoms with Gasteiger partial charge in [-0.2, -0.15) is 5.26 Å². The molecule has 3 heteroatoms. The van der Waals surface area contributed by atoms with Crippen LogP contribution in [0.15, 0.2) is 18.2 Å². The summed E-state index contributed by atoms with van der Waals surface area (Å²) in [5.41, 5.74) is 2.00. The van der Waals surface area contributed by atoms with Gasteiger partial charge in [0.2, 0.25) is 0 Å². The van der Waals surface area contributed by atoms with Crippen LogP contribution in [0.4, 0.5) is 0 Å². The fourth-order valence-electron chi connectivity index (χ4n) is 1.53. The van der Waals surface area contributed by atoms with Gasteiger partial charge in [-0.05, 0) is 26.8 Å². The number of rotatable bonds is 4. The molecule has 2 N–H and O–H groups in total. The Kier molecular flexibility index (Phi) is 4.33. The van der Waals surface area contributed by atoms with Crippen LogP contribution in [0, 0.1) is 24.2 Å².